The summed E-state index contributed by atoms with van der Waals surface area (Å²) in [7, 11) is 1.64. The number of hydrogen-bond acceptors (Lipinski definition) is 5. The first-order valence-electron chi connectivity index (χ1n) is 10.6. The third-order valence-corrected chi connectivity index (χ3v) is 5.94. The number of pyridine rings is 2. The Bertz CT molecular complexity index is 1140. The number of thiocarbonyl (C=S) groups is 1. The Balaban J connectivity index is 1.27. The number of benzene rings is 1. The molecule has 9 heteroatoms. The predicted molar refractivity (Wildman–Crippen MR) is 128 cm³/mol. The van der Waals surface area contributed by atoms with Gasteiger partial charge in [-0.1, -0.05) is 0 Å². The molecule has 0 unspecified atom stereocenters. The molecule has 0 amide bonds. The Kier molecular flexibility index (Phi) is 6.96. The molecule has 168 valence electrons. The quantitative estimate of drug-likeness (QED) is 0.554. The fourth-order valence-corrected chi connectivity index (χ4v) is 4.23. The molecule has 3 heterocycles. The summed E-state index contributed by atoms with van der Waals surface area (Å²) >= 11 is 5.45. The largest absolute Gasteiger partial charge is 0.497 e. The maximum atomic E-state index is 13.6. The number of likely N-dealkylation sites (tertiary alicyclic amines) is 1. The molecule has 2 aromatic heterocycles. The van der Waals surface area contributed by atoms with Gasteiger partial charge in [-0.2, -0.15) is 0 Å². The topological polar surface area (TPSA) is 71.4 Å². The number of aromatic nitrogens is 2. The van der Waals surface area contributed by atoms with Crippen molar-refractivity contribution in [2.75, 3.05) is 32.1 Å². The van der Waals surface area contributed by atoms with Crippen molar-refractivity contribution in [1.29, 1.82) is 0 Å². The molecule has 7 nitrogen and oxygen atoms in total. The van der Waals surface area contributed by atoms with Crippen LogP contribution in [0.3, 0.4) is 0 Å². The first kappa shape index (κ1) is 22.2. The summed E-state index contributed by atoms with van der Waals surface area (Å²) in [4.78, 5) is 18.7. The van der Waals surface area contributed by atoms with Crippen molar-refractivity contribution >= 4 is 34.1 Å². The minimum Gasteiger partial charge on any atom is -0.497 e. The molecule has 1 aliphatic heterocycles. The van der Waals surface area contributed by atoms with E-state index in [9.17, 15) is 9.18 Å². The van der Waals surface area contributed by atoms with Gasteiger partial charge in [0.1, 0.15) is 11.6 Å². The normalized spacial score (nSPS) is 14.9. The van der Waals surface area contributed by atoms with Crippen molar-refractivity contribution in [2.45, 2.75) is 25.4 Å². The molecule has 2 N–H and O–H groups in total. The van der Waals surface area contributed by atoms with Crippen LogP contribution in [0.5, 0.6) is 5.75 Å². The summed E-state index contributed by atoms with van der Waals surface area (Å²) in [6.45, 7) is 3.01. The number of methoxy groups -OCH3 is 1. The molecule has 1 saturated heterocycles. The fraction of sp³-hybridized carbons (Fsp3) is 0.348. The van der Waals surface area contributed by atoms with Crippen LogP contribution in [0.25, 0.3) is 11.0 Å². The standard InChI is InChI=1S/C23H26FN5O2S/c1-31-19-4-2-17(3-5-19)26-23(32)27-18-8-10-28(11-9-18)12-13-29-21-14-16(24)15-25-20(21)6-7-22(29)30/h2-7,14-15,18H,8-13H2,1H3,(H2,26,27,32). The van der Waals surface area contributed by atoms with Gasteiger partial charge in [-0.15, -0.1) is 0 Å². The Morgan fingerprint density at radius 1 is 1.19 bits per heavy atom. The Morgan fingerprint density at radius 3 is 2.66 bits per heavy atom. The van der Waals surface area contributed by atoms with Crippen LogP contribution in [0, 0.1) is 5.82 Å². The number of anilines is 1. The minimum absolute atomic E-state index is 0.142. The zero-order valence-corrected chi connectivity index (χ0v) is 18.7. The zero-order valence-electron chi connectivity index (χ0n) is 17.9. The van der Waals surface area contributed by atoms with E-state index >= 15 is 0 Å². The van der Waals surface area contributed by atoms with E-state index in [1.807, 2.05) is 24.3 Å². The number of fused-ring (bicyclic) bond motifs is 1. The van der Waals surface area contributed by atoms with Gasteiger partial charge in [0, 0.05) is 50.0 Å². The van der Waals surface area contributed by atoms with Crippen LogP contribution in [-0.2, 0) is 6.54 Å². The van der Waals surface area contributed by atoms with Gasteiger partial charge in [0.2, 0.25) is 0 Å². The van der Waals surface area contributed by atoms with E-state index in [-0.39, 0.29) is 5.56 Å². The minimum atomic E-state index is -0.442. The summed E-state index contributed by atoms with van der Waals surface area (Å²) in [5.41, 5.74) is 1.92. The third kappa shape index (κ3) is 5.41. The van der Waals surface area contributed by atoms with Crippen LogP contribution in [0.2, 0.25) is 0 Å². The summed E-state index contributed by atoms with van der Waals surface area (Å²) < 4.78 is 20.4. The second kappa shape index (κ2) is 10.1. The molecule has 0 aliphatic carbocycles. The molecule has 1 aliphatic rings. The highest BCUT2D eigenvalue weighted by Crippen LogP contribution is 2.16. The smallest absolute Gasteiger partial charge is 0.251 e. The summed E-state index contributed by atoms with van der Waals surface area (Å²) in [6, 6.07) is 12.4. The lowest BCUT2D eigenvalue weighted by Gasteiger charge is -2.33. The van der Waals surface area contributed by atoms with Crippen molar-refractivity contribution in [3.63, 3.8) is 0 Å². The van der Waals surface area contributed by atoms with Crippen molar-refractivity contribution in [2.24, 2.45) is 0 Å². The molecule has 32 heavy (non-hydrogen) atoms. The molecule has 0 radical (unpaired) electrons. The fourth-order valence-electron chi connectivity index (χ4n) is 3.94. The van der Waals surface area contributed by atoms with Gasteiger partial charge in [-0.3, -0.25) is 9.78 Å². The third-order valence-electron chi connectivity index (χ3n) is 5.72. The maximum Gasteiger partial charge on any atom is 0.251 e. The predicted octanol–water partition coefficient (Wildman–Crippen LogP) is 3.00. The molecule has 0 bridgehead atoms. The lowest BCUT2D eigenvalue weighted by atomic mass is 10.1. The van der Waals surface area contributed by atoms with Gasteiger partial charge < -0.3 is 24.8 Å². The van der Waals surface area contributed by atoms with Crippen LogP contribution >= 0.6 is 12.2 Å². The Hall–Kier alpha value is -3.04. The molecule has 0 spiro atoms. The van der Waals surface area contributed by atoms with Gasteiger partial charge in [-0.05, 0) is 55.4 Å². The van der Waals surface area contributed by atoms with E-state index in [0.29, 0.717) is 28.7 Å². The summed E-state index contributed by atoms with van der Waals surface area (Å²) in [5, 5.41) is 7.19. The highest BCUT2D eigenvalue weighted by Gasteiger charge is 2.20. The number of nitrogens with zero attached hydrogens (tertiary/aromatic N) is 3. The zero-order chi connectivity index (χ0) is 22.5. The van der Waals surface area contributed by atoms with Crippen molar-refractivity contribution < 1.29 is 9.13 Å². The lowest BCUT2D eigenvalue weighted by Crippen LogP contribution is -2.46. The van der Waals surface area contributed by atoms with Gasteiger partial charge in [0.05, 0.1) is 24.3 Å². The van der Waals surface area contributed by atoms with Crippen LogP contribution in [0.1, 0.15) is 12.8 Å². The first-order chi connectivity index (χ1) is 15.5. The SMILES string of the molecule is COc1ccc(NC(=S)NC2CCN(CCn3c(=O)ccc4ncc(F)cc43)CC2)cc1. The lowest BCUT2D eigenvalue weighted by molar-refractivity contribution is 0.200. The Morgan fingerprint density at radius 2 is 1.94 bits per heavy atom. The van der Waals surface area contributed by atoms with E-state index in [2.05, 4.69) is 20.5 Å². The first-order valence-corrected chi connectivity index (χ1v) is 11.0. The molecule has 4 rings (SSSR count). The molecule has 0 saturated carbocycles. The van der Waals surface area contributed by atoms with E-state index in [4.69, 9.17) is 17.0 Å². The monoisotopic (exact) mass is 455 g/mol. The van der Waals surface area contributed by atoms with E-state index in [1.165, 1.54) is 18.3 Å². The van der Waals surface area contributed by atoms with Gasteiger partial charge >= 0.3 is 0 Å². The second-order valence-electron chi connectivity index (χ2n) is 7.82. The van der Waals surface area contributed by atoms with E-state index < -0.39 is 5.82 Å². The maximum absolute atomic E-state index is 13.6. The molecular formula is C23H26FN5O2S. The van der Waals surface area contributed by atoms with E-state index in [0.717, 1.165) is 43.9 Å². The van der Waals surface area contributed by atoms with Crippen molar-refractivity contribution in [3.8, 4) is 5.75 Å². The summed E-state index contributed by atoms with van der Waals surface area (Å²) in [6.07, 6.45) is 3.07. The molecule has 0 atom stereocenters. The van der Waals surface area contributed by atoms with Gasteiger partial charge in [-0.25, -0.2) is 4.39 Å². The van der Waals surface area contributed by atoms with E-state index in [1.54, 1.807) is 17.7 Å². The van der Waals surface area contributed by atoms with Crippen molar-refractivity contribution in [3.05, 3.63) is 64.8 Å². The number of halogens is 1. The van der Waals surface area contributed by atoms with Crippen LogP contribution in [0.15, 0.2) is 53.5 Å². The van der Waals surface area contributed by atoms with Gasteiger partial charge in [0.15, 0.2) is 5.11 Å². The summed E-state index contributed by atoms with van der Waals surface area (Å²) in [5.74, 6) is 0.358. The second-order valence-corrected chi connectivity index (χ2v) is 8.23. The number of rotatable bonds is 6. The molecule has 1 fully saturated rings. The number of ether oxygens (including phenoxy) is 1. The molecular weight excluding hydrogens is 429 g/mol. The Labute approximate surface area is 191 Å². The number of hydrogen-bond donors (Lipinski definition) is 2. The molecule has 1 aromatic carbocycles. The average molecular weight is 456 g/mol. The van der Waals surface area contributed by atoms with Crippen LogP contribution in [-0.4, -0.2) is 52.3 Å². The van der Waals surface area contributed by atoms with Gasteiger partial charge in [0.25, 0.3) is 5.56 Å². The average Bonchev–Trinajstić information content (AvgIpc) is 2.80. The number of piperidine rings is 1. The number of nitrogens with one attached hydrogen (secondary N) is 2. The van der Waals surface area contributed by atoms with Crippen LogP contribution in [0.4, 0.5) is 10.1 Å². The van der Waals surface area contributed by atoms with Crippen LogP contribution < -0.4 is 20.9 Å². The highest BCUT2D eigenvalue weighted by molar-refractivity contribution is 7.80. The molecule has 3 aromatic rings. The highest BCUT2D eigenvalue weighted by atomic mass is 32.1. The van der Waals surface area contributed by atoms with Crippen molar-refractivity contribution in [1.82, 2.24) is 19.8 Å².